The first-order chi connectivity index (χ1) is 11.1. The summed E-state index contributed by atoms with van der Waals surface area (Å²) in [5.41, 5.74) is 4.27. The summed E-state index contributed by atoms with van der Waals surface area (Å²) >= 11 is 0. The number of nitriles is 1. The number of hydrogen-bond donors (Lipinski definition) is 3. The lowest BCUT2D eigenvalue weighted by Gasteiger charge is -2.20. The van der Waals surface area contributed by atoms with Crippen molar-refractivity contribution in [2.45, 2.75) is 46.3 Å². The second-order valence-electron chi connectivity index (χ2n) is 6.20. The van der Waals surface area contributed by atoms with E-state index in [1.54, 1.807) is 32.9 Å². The van der Waals surface area contributed by atoms with Crippen LogP contribution in [-0.4, -0.2) is 23.8 Å². The first-order valence-corrected chi connectivity index (χ1v) is 7.37. The van der Waals surface area contributed by atoms with Crippen molar-refractivity contribution in [3.05, 3.63) is 23.8 Å². The molecule has 0 saturated heterocycles. The molecule has 0 aliphatic rings. The highest BCUT2D eigenvalue weighted by Crippen LogP contribution is 2.26. The summed E-state index contributed by atoms with van der Waals surface area (Å²) in [4.78, 5) is 23.4. The molecular weight excluding hydrogens is 312 g/mol. The first kappa shape index (κ1) is 19.1. The van der Waals surface area contributed by atoms with Crippen LogP contribution in [-0.2, 0) is 4.74 Å². The highest BCUT2D eigenvalue weighted by molar-refractivity contribution is 5.92. The normalized spacial score (nSPS) is 10.5. The highest BCUT2D eigenvalue weighted by Gasteiger charge is 2.17. The Balaban J connectivity index is 2.72. The van der Waals surface area contributed by atoms with Gasteiger partial charge in [0, 0.05) is 0 Å². The molecule has 8 nitrogen and oxygen atoms in total. The van der Waals surface area contributed by atoms with Crippen molar-refractivity contribution >= 4 is 17.8 Å². The van der Waals surface area contributed by atoms with Crippen LogP contribution in [0, 0.1) is 11.3 Å². The number of rotatable bonds is 3. The van der Waals surface area contributed by atoms with E-state index in [0.717, 1.165) is 0 Å². The molecule has 0 aliphatic heterocycles. The Bertz CT molecular complexity index is 644. The number of carbonyl (C=O) groups is 2. The van der Waals surface area contributed by atoms with Gasteiger partial charge in [0.15, 0.2) is 0 Å². The fourth-order valence-corrected chi connectivity index (χ4v) is 1.62. The van der Waals surface area contributed by atoms with Crippen molar-refractivity contribution in [1.29, 1.82) is 5.26 Å². The van der Waals surface area contributed by atoms with Crippen LogP contribution in [0.5, 0.6) is 5.75 Å². The van der Waals surface area contributed by atoms with Crippen molar-refractivity contribution < 1.29 is 19.1 Å². The molecule has 3 N–H and O–H groups in total. The van der Waals surface area contributed by atoms with E-state index in [0.29, 0.717) is 17.0 Å². The summed E-state index contributed by atoms with van der Waals surface area (Å²) in [6.07, 6.45) is -0.900. The molecule has 24 heavy (non-hydrogen) atoms. The Kier molecular flexibility index (Phi) is 6.41. The molecule has 0 fully saturated rings. The summed E-state index contributed by atoms with van der Waals surface area (Å²) in [7, 11) is 0. The number of hydrogen-bond acceptors (Lipinski definition) is 5. The Morgan fingerprint density at radius 3 is 2.42 bits per heavy atom. The lowest BCUT2D eigenvalue weighted by molar-refractivity contribution is 0.0506. The number of nitrogens with one attached hydrogen (secondary N) is 3. The van der Waals surface area contributed by atoms with Gasteiger partial charge in [-0.2, -0.15) is 5.26 Å². The van der Waals surface area contributed by atoms with Crippen LogP contribution in [0.2, 0.25) is 0 Å². The van der Waals surface area contributed by atoms with Crippen molar-refractivity contribution in [3.63, 3.8) is 0 Å². The summed E-state index contributed by atoms with van der Waals surface area (Å²) in [6, 6.07) is 5.93. The fourth-order valence-electron chi connectivity index (χ4n) is 1.62. The third-order valence-electron chi connectivity index (χ3n) is 2.40. The van der Waals surface area contributed by atoms with Crippen molar-refractivity contribution in [2.24, 2.45) is 0 Å². The molecule has 0 atom stereocenters. The molecule has 0 aromatic heterocycles. The maximum atomic E-state index is 11.9. The Labute approximate surface area is 141 Å². The van der Waals surface area contributed by atoms with Crippen LogP contribution in [0.25, 0.3) is 0 Å². The molecular formula is C16H22N4O4. The second-order valence-corrected chi connectivity index (χ2v) is 6.20. The average Bonchev–Trinajstić information content (AvgIpc) is 2.44. The van der Waals surface area contributed by atoms with Gasteiger partial charge in [-0.3, -0.25) is 0 Å². The van der Waals surface area contributed by atoms with Gasteiger partial charge in [0.1, 0.15) is 11.4 Å². The van der Waals surface area contributed by atoms with Gasteiger partial charge in [0.2, 0.25) is 0 Å². The molecule has 1 rings (SSSR count). The molecule has 0 saturated carbocycles. The standard InChI is InChI=1S/C16H22N4O4/c1-10(2)23-13-7-6-11(9-17)8-12(13)18-14(21)19-20-15(22)24-16(3,4)5/h6-8,10H,1-5H3,(H,20,22)(H2,18,19,21). The minimum atomic E-state index is -0.790. The molecule has 0 bridgehead atoms. The second kappa shape index (κ2) is 8.06. The van der Waals surface area contributed by atoms with Crippen LogP contribution in [0.15, 0.2) is 18.2 Å². The van der Waals surface area contributed by atoms with Crippen LogP contribution in [0.3, 0.4) is 0 Å². The molecule has 8 heteroatoms. The SMILES string of the molecule is CC(C)Oc1ccc(C#N)cc1NC(=O)NNC(=O)OC(C)(C)C. The topological polar surface area (TPSA) is 112 Å². The largest absolute Gasteiger partial charge is 0.489 e. The van der Waals surface area contributed by atoms with Gasteiger partial charge in [-0.1, -0.05) is 0 Å². The summed E-state index contributed by atoms with van der Waals surface area (Å²) in [5.74, 6) is 0.413. The van der Waals surface area contributed by atoms with E-state index in [9.17, 15) is 9.59 Å². The number of amides is 3. The predicted octanol–water partition coefficient (Wildman–Crippen LogP) is 2.91. The third-order valence-corrected chi connectivity index (χ3v) is 2.40. The van der Waals surface area contributed by atoms with Gasteiger partial charge >= 0.3 is 12.1 Å². The molecule has 3 amide bonds. The lowest BCUT2D eigenvalue weighted by atomic mass is 10.2. The van der Waals surface area contributed by atoms with Crippen LogP contribution >= 0.6 is 0 Å². The zero-order chi connectivity index (χ0) is 18.3. The smallest absolute Gasteiger partial charge is 0.426 e. The number of nitrogens with zero attached hydrogens (tertiary/aromatic N) is 1. The van der Waals surface area contributed by atoms with Gasteiger partial charge in [0.25, 0.3) is 0 Å². The minimum absolute atomic E-state index is 0.110. The number of ether oxygens (including phenoxy) is 2. The molecule has 0 spiro atoms. The van der Waals surface area contributed by atoms with E-state index in [1.807, 2.05) is 19.9 Å². The zero-order valence-electron chi connectivity index (χ0n) is 14.4. The molecule has 0 aliphatic carbocycles. The van der Waals surface area contributed by atoms with Gasteiger partial charge in [-0.05, 0) is 52.8 Å². The highest BCUT2D eigenvalue weighted by atomic mass is 16.6. The monoisotopic (exact) mass is 334 g/mol. The van der Waals surface area contributed by atoms with Crippen molar-refractivity contribution in [1.82, 2.24) is 10.9 Å². The van der Waals surface area contributed by atoms with Gasteiger partial charge in [-0.15, -0.1) is 0 Å². The molecule has 0 radical (unpaired) electrons. The molecule has 1 aromatic rings. The van der Waals surface area contributed by atoms with Crippen molar-refractivity contribution in [2.75, 3.05) is 5.32 Å². The lowest BCUT2D eigenvalue weighted by Crippen LogP contribution is -2.46. The van der Waals surface area contributed by atoms with Crippen LogP contribution in [0.4, 0.5) is 15.3 Å². The quantitative estimate of drug-likeness (QED) is 0.736. The third kappa shape index (κ3) is 6.87. The number of hydrazine groups is 1. The predicted molar refractivity (Wildman–Crippen MR) is 88.4 cm³/mol. The number of carbonyl (C=O) groups excluding carboxylic acids is 2. The Hall–Kier alpha value is -2.95. The molecule has 1 aromatic carbocycles. The summed E-state index contributed by atoms with van der Waals surface area (Å²) < 4.78 is 10.6. The number of urea groups is 1. The van der Waals surface area contributed by atoms with E-state index in [4.69, 9.17) is 14.7 Å². The molecule has 0 heterocycles. The molecule has 130 valence electrons. The van der Waals surface area contributed by atoms with E-state index in [1.165, 1.54) is 6.07 Å². The first-order valence-electron chi connectivity index (χ1n) is 7.37. The summed E-state index contributed by atoms with van der Waals surface area (Å²) in [5, 5.41) is 11.5. The van der Waals surface area contributed by atoms with E-state index >= 15 is 0 Å². The van der Waals surface area contributed by atoms with Gasteiger partial charge < -0.3 is 14.8 Å². The molecule has 0 unspecified atom stereocenters. The Morgan fingerprint density at radius 1 is 1.21 bits per heavy atom. The Morgan fingerprint density at radius 2 is 1.88 bits per heavy atom. The maximum Gasteiger partial charge on any atom is 0.426 e. The van der Waals surface area contributed by atoms with E-state index < -0.39 is 17.7 Å². The van der Waals surface area contributed by atoms with Gasteiger partial charge in [0.05, 0.1) is 23.4 Å². The summed E-state index contributed by atoms with van der Waals surface area (Å²) in [6.45, 7) is 8.79. The van der Waals surface area contributed by atoms with Gasteiger partial charge in [-0.25, -0.2) is 20.4 Å². The minimum Gasteiger partial charge on any atom is -0.489 e. The number of anilines is 1. The van der Waals surface area contributed by atoms with E-state index in [2.05, 4.69) is 16.2 Å². The fraction of sp³-hybridized carbons (Fsp3) is 0.438. The van der Waals surface area contributed by atoms with E-state index in [-0.39, 0.29) is 6.10 Å². The maximum absolute atomic E-state index is 11.9. The zero-order valence-corrected chi connectivity index (χ0v) is 14.4. The number of benzene rings is 1. The average molecular weight is 334 g/mol. The van der Waals surface area contributed by atoms with Crippen molar-refractivity contribution in [3.8, 4) is 11.8 Å². The van der Waals surface area contributed by atoms with Crippen LogP contribution < -0.4 is 20.9 Å². The van der Waals surface area contributed by atoms with Crippen LogP contribution in [0.1, 0.15) is 40.2 Å².